The number of hydrogen-bond acceptors (Lipinski definition) is 3. The Labute approximate surface area is 87.5 Å². The lowest BCUT2D eigenvalue weighted by atomic mass is 10.2. The fraction of sp³-hybridized carbons (Fsp3) is 0. The Morgan fingerprint density at radius 2 is 2.19 bits per heavy atom. The fourth-order valence-electron chi connectivity index (χ4n) is 1.44. The first kappa shape index (κ1) is 10.1. The van der Waals surface area contributed by atoms with E-state index in [-0.39, 0.29) is 22.3 Å². The summed E-state index contributed by atoms with van der Waals surface area (Å²) < 4.78 is 13.3. The van der Waals surface area contributed by atoms with Gasteiger partial charge in [0.1, 0.15) is 17.0 Å². The number of H-pyrrole nitrogens is 1. The average Bonchev–Trinajstić information content (AvgIpc) is 2.62. The number of fused-ring (bicyclic) bond motifs is 1. The normalized spacial score (nSPS) is 10.6. The number of hydrogen-bond donors (Lipinski definition) is 2. The van der Waals surface area contributed by atoms with Crippen LogP contribution in [0.5, 0.6) is 0 Å². The van der Waals surface area contributed by atoms with Crippen LogP contribution in [-0.2, 0) is 0 Å². The Balaban J connectivity index is 2.82. The summed E-state index contributed by atoms with van der Waals surface area (Å²) in [5.41, 5.74) is -0.769. The lowest BCUT2D eigenvalue weighted by Crippen LogP contribution is -1.95. The molecule has 1 aromatic carbocycles. The second-order valence-corrected chi connectivity index (χ2v) is 3.10. The highest BCUT2D eigenvalue weighted by atomic mass is 19.1. The van der Waals surface area contributed by atoms with Gasteiger partial charge >= 0.3 is 5.97 Å². The number of carbonyl (C=O) groups is 1. The Morgan fingerprint density at radius 3 is 2.75 bits per heavy atom. The Bertz CT molecular complexity index is 605. The summed E-state index contributed by atoms with van der Waals surface area (Å²) in [7, 11) is 0. The zero-order valence-electron chi connectivity index (χ0n) is 7.73. The van der Waals surface area contributed by atoms with Crippen molar-refractivity contribution in [3.8, 4) is 0 Å². The molecule has 6 nitrogen and oxygen atoms in total. The van der Waals surface area contributed by atoms with Gasteiger partial charge in [0.2, 0.25) is 0 Å². The predicted molar refractivity (Wildman–Crippen MR) is 51.9 cm³/mol. The molecule has 0 amide bonds. The summed E-state index contributed by atoms with van der Waals surface area (Å²) in [5, 5.41) is 19.2. The van der Waals surface area contributed by atoms with Crippen molar-refractivity contribution in [3.63, 3.8) is 0 Å². The smallest absolute Gasteiger partial charge is 0.352 e. The topological polar surface area (TPSA) is 96.2 Å². The molecule has 0 aliphatic heterocycles. The Morgan fingerprint density at radius 1 is 1.50 bits per heavy atom. The number of nitro groups is 1. The molecule has 1 aromatic heterocycles. The van der Waals surface area contributed by atoms with Crippen molar-refractivity contribution in [2.45, 2.75) is 0 Å². The molecule has 7 heteroatoms. The summed E-state index contributed by atoms with van der Waals surface area (Å²) in [4.78, 5) is 22.9. The number of nitrogens with one attached hydrogen (secondary N) is 1. The maximum atomic E-state index is 13.3. The molecular formula is C9H5FN2O4. The van der Waals surface area contributed by atoms with E-state index in [2.05, 4.69) is 4.98 Å². The number of aromatic amines is 1. The number of rotatable bonds is 2. The molecule has 0 fully saturated rings. The van der Waals surface area contributed by atoms with Crippen molar-refractivity contribution < 1.29 is 19.2 Å². The summed E-state index contributed by atoms with van der Waals surface area (Å²) in [6, 6.07) is 2.94. The predicted octanol–water partition coefficient (Wildman–Crippen LogP) is 1.91. The Hall–Kier alpha value is -2.44. The maximum Gasteiger partial charge on any atom is 0.352 e. The number of benzene rings is 1. The second-order valence-electron chi connectivity index (χ2n) is 3.10. The zero-order valence-corrected chi connectivity index (χ0v) is 7.73. The first-order valence-electron chi connectivity index (χ1n) is 4.19. The third kappa shape index (κ3) is 1.38. The van der Waals surface area contributed by atoms with Gasteiger partial charge in [-0.2, -0.15) is 0 Å². The molecule has 0 aliphatic rings. The number of halogens is 1. The molecule has 0 saturated carbocycles. The molecule has 0 spiro atoms. The molecule has 0 radical (unpaired) electrons. The van der Waals surface area contributed by atoms with Crippen LogP contribution >= 0.6 is 0 Å². The van der Waals surface area contributed by atoms with Gasteiger partial charge in [-0.15, -0.1) is 0 Å². The first-order chi connectivity index (χ1) is 7.50. The van der Waals surface area contributed by atoms with E-state index < -0.39 is 16.7 Å². The van der Waals surface area contributed by atoms with Crippen molar-refractivity contribution in [2.24, 2.45) is 0 Å². The SMILES string of the molecule is O=C(O)c1cc2c(F)ccc([N+](=O)[O-])c2[nH]1. The minimum absolute atomic E-state index is 0.105. The maximum absolute atomic E-state index is 13.3. The zero-order chi connectivity index (χ0) is 11.9. The van der Waals surface area contributed by atoms with Gasteiger partial charge in [-0.1, -0.05) is 0 Å². The van der Waals surface area contributed by atoms with Crippen LogP contribution in [0.3, 0.4) is 0 Å². The van der Waals surface area contributed by atoms with Crippen LogP contribution in [0.2, 0.25) is 0 Å². The van der Waals surface area contributed by atoms with E-state index in [1.165, 1.54) is 0 Å². The number of aromatic carboxylic acids is 1. The van der Waals surface area contributed by atoms with Crippen molar-refractivity contribution in [2.75, 3.05) is 0 Å². The lowest BCUT2D eigenvalue weighted by molar-refractivity contribution is -0.383. The van der Waals surface area contributed by atoms with Crippen LogP contribution in [0.15, 0.2) is 18.2 Å². The highest BCUT2D eigenvalue weighted by molar-refractivity contribution is 5.97. The van der Waals surface area contributed by atoms with Gasteiger partial charge in [0.15, 0.2) is 0 Å². The summed E-state index contributed by atoms with van der Waals surface area (Å²) in [6.45, 7) is 0. The second kappa shape index (κ2) is 3.30. The van der Waals surface area contributed by atoms with E-state index in [4.69, 9.17) is 5.11 Å². The molecule has 0 saturated heterocycles. The van der Waals surface area contributed by atoms with Crippen LogP contribution in [-0.4, -0.2) is 21.0 Å². The number of carboxylic acid groups (broad SMARTS) is 1. The molecule has 0 aliphatic carbocycles. The quantitative estimate of drug-likeness (QED) is 0.601. The standard InChI is InChI=1S/C9H5FN2O4/c10-5-1-2-7(12(15)16)8-4(5)3-6(11-8)9(13)14/h1-3,11H,(H,13,14). The highest BCUT2D eigenvalue weighted by Crippen LogP contribution is 2.27. The van der Waals surface area contributed by atoms with Crippen LogP contribution < -0.4 is 0 Å². The third-order valence-electron chi connectivity index (χ3n) is 2.15. The molecule has 2 rings (SSSR count). The van der Waals surface area contributed by atoms with Gasteiger partial charge in [-0.3, -0.25) is 10.1 Å². The molecule has 2 aromatic rings. The molecule has 1 heterocycles. The Kier molecular flexibility index (Phi) is 2.08. The van der Waals surface area contributed by atoms with E-state index in [0.717, 1.165) is 18.2 Å². The van der Waals surface area contributed by atoms with Crippen molar-refractivity contribution in [1.29, 1.82) is 0 Å². The highest BCUT2D eigenvalue weighted by Gasteiger charge is 2.19. The monoisotopic (exact) mass is 224 g/mol. The van der Waals surface area contributed by atoms with E-state index in [0.29, 0.717) is 0 Å². The van der Waals surface area contributed by atoms with E-state index in [1.807, 2.05) is 0 Å². The minimum atomic E-state index is -1.30. The van der Waals surface area contributed by atoms with Gasteiger partial charge in [0, 0.05) is 11.5 Å². The minimum Gasteiger partial charge on any atom is -0.477 e. The van der Waals surface area contributed by atoms with Crippen molar-refractivity contribution in [1.82, 2.24) is 4.98 Å². The van der Waals surface area contributed by atoms with Gasteiger partial charge < -0.3 is 10.1 Å². The number of nitro benzene ring substituents is 1. The van der Waals surface area contributed by atoms with Gasteiger partial charge in [0.25, 0.3) is 5.69 Å². The number of carboxylic acids is 1. The molecular weight excluding hydrogens is 219 g/mol. The molecule has 0 atom stereocenters. The van der Waals surface area contributed by atoms with Gasteiger partial charge in [-0.05, 0) is 12.1 Å². The first-order valence-corrected chi connectivity index (χ1v) is 4.19. The van der Waals surface area contributed by atoms with Gasteiger partial charge in [-0.25, -0.2) is 9.18 Å². The van der Waals surface area contributed by atoms with E-state index in [1.54, 1.807) is 0 Å². The van der Waals surface area contributed by atoms with E-state index >= 15 is 0 Å². The number of non-ortho nitro benzene ring substituents is 1. The number of aromatic nitrogens is 1. The summed E-state index contributed by atoms with van der Waals surface area (Å²) in [5.74, 6) is -2.01. The fourth-order valence-corrected chi connectivity index (χ4v) is 1.44. The largest absolute Gasteiger partial charge is 0.477 e. The summed E-state index contributed by atoms with van der Waals surface area (Å²) in [6.07, 6.45) is 0. The number of nitrogens with zero attached hydrogens (tertiary/aromatic N) is 1. The van der Waals surface area contributed by atoms with Crippen LogP contribution in [0.4, 0.5) is 10.1 Å². The van der Waals surface area contributed by atoms with Crippen LogP contribution in [0.25, 0.3) is 10.9 Å². The average molecular weight is 224 g/mol. The molecule has 16 heavy (non-hydrogen) atoms. The van der Waals surface area contributed by atoms with Gasteiger partial charge in [0.05, 0.1) is 4.92 Å². The molecule has 0 bridgehead atoms. The molecule has 82 valence electrons. The molecule has 2 N–H and O–H groups in total. The third-order valence-corrected chi connectivity index (χ3v) is 2.15. The summed E-state index contributed by atoms with van der Waals surface area (Å²) >= 11 is 0. The van der Waals surface area contributed by atoms with Crippen LogP contribution in [0.1, 0.15) is 10.5 Å². The van der Waals surface area contributed by atoms with Crippen molar-refractivity contribution >= 4 is 22.6 Å². The lowest BCUT2D eigenvalue weighted by Gasteiger charge is -1.94. The van der Waals surface area contributed by atoms with Crippen LogP contribution in [0, 0.1) is 15.9 Å². The van der Waals surface area contributed by atoms with E-state index in [9.17, 15) is 19.3 Å². The molecule has 0 unspecified atom stereocenters. The van der Waals surface area contributed by atoms with Crippen molar-refractivity contribution in [3.05, 3.63) is 39.8 Å².